The molecule has 0 radical (unpaired) electrons. The van der Waals surface area contributed by atoms with Gasteiger partial charge in [-0.05, 0) is 61.1 Å². The summed E-state index contributed by atoms with van der Waals surface area (Å²) in [5.74, 6) is -0.482. The van der Waals surface area contributed by atoms with E-state index >= 15 is 0 Å². The number of benzene rings is 1. The highest BCUT2D eigenvalue weighted by atomic mass is 32.1. The number of hydrogen-bond donors (Lipinski definition) is 4. The number of thiocarbonyl (C=S) groups is 1. The molecule has 2 aromatic rings. The SMILES string of the molecule is CCCC(=O)Nc1ccc(C(=O)NNC(=S)NC(=O)/C=C/c2ccco2)cc1. The number of carbonyl (C=O) groups excluding carboxylic acids is 3. The van der Waals surface area contributed by atoms with Gasteiger partial charge in [0.15, 0.2) is 5.11 Å². The molecule has 0 fully saturated rings. The van der Waals surface area contributed by atoms with Gasteiger partial charge in [-0.3, -0.25) is 30.6 Å². The zero-order chi connectivity index (χ0) is 20.4. The standard InChI is InChI=1S/C19H20N4O4S/c1-2-4-16(24)20-14-8-6-13(7-9-14)18(26)22-23-19(28)21-17(25)11-10-15-5-3-12-27-15/h3,5-12H,2,4H2,1H3,(H,20,24)(H,22,26)(H2,21,23,25,28)/b11-10+. The van der Waals surface area contributed by atoms with Crippen LogP contribution in [0.3, 0.4) is 0 Å². The van der Waals surface area contributed by atoms with Gasteiger partial charge in [-0.2, -0.15) is 0 Å². The van der Waals surface area contributed by atoms with Gasteiger partial charge in [0.2, 0.25) is 11.8 Å². The maximum absolute atomic E-state index is 12.1. The summed E-state index contributed by atoms with van der Waals surface area (Å²) in [5, 5.41) is 5.05. The zero-order valence-electron chi connectivity index (χ0n) is 15.2. The molecule has 4 N–H and O–H groups in total. The highest BCUT2D eigenvalue weighted by Crippen LogP contribution is 2.10. The lowest BCUT2D eigenvalue weighted by atomic mass is 10.2. The van der Waals surface area contributed by atoms with E-state index in [-0.39, 0.29) is 11.0 Å². The van der Waals surface area contributed by atoms with Crippen molar-refractivity contribution in [3.05, 3.63) is 60.1 Å². The van der Waals surface area contributed by atoms with Gasteiger partial charge in [0.1, 0.15) is 5.76 Å². The first-order valence-electron chi connectivity index (χ1n) is 8.50. The quantitative estimate of drug-likeness (QED) is 0.336. The van der Waals surface area contributed by atoms with Crippen molar-refractivity contribution in [2.24, 2.45) is 0 Å². The van der Waals surface area contributed by atoms with Gasteiger partial charge in [-0.15, -0.1) is 0 Å². The van der Waals surface area contributed by atoms with Gasteiger partial charge in [0.05, 0.1) is 6.26 Å². The molecule has 3 amide bonds. The second-order valence-electron chi connectivity index (χ2n) is 5.62. The van der Waals surface area contributed by atoms with Crippen LogP contribution in [0.15, 0.2) is 53.2 Å². The second kappa shape index (κ2) is 10.6. The summed E-state index contributed by atoms with van der Waals surface area (Å²) in [6, 6.07) is 9.77. The van der Waals surface area contributed by atoms with Crippen LogP contribution in [0.25, 0.3) is 6.08 Å². The summed E-state index contributed by atoms with van der Waals surface area (Å²) in [6.45, 7) is 1.92. The number of furan rings is 1. The fourth-order valence-electron chi connectivity index (χ4n) is 2.07. The average Bonchev–Trinajstić information content (AvgIpc) is 3.19. The molecule has 28 heavy (non-hydrogen) atoms. The van der Waals surface area contributed by atoms with Crippen molar-refractivity contribution in [3.8, 4) is 0 Å². The summed E-state index contributed by atoms with van der Waals surface area (Å²) >= 11 is 4.94. The van der Waals surface area contributed by atoms with E-state index in [0.29, 0.717) is 23.4 Å². The van der Waals surface area contributed by atoms with E-state index in [1.54, 1.807) is 36.4 Å². The predicted octanol–water partition coefficient (Wildman–Crippen LogP) is 2.37. The van der Waals surface area contributed by atoms with E-state index < -0.39 is 11.8 Å². The Balaban J connectivity index is 1.77. The van der Waals surface area contributed by atoms with E-state index in [0.717, 1.165) is 6.42 Å². The summed E-state index contributed by atoms with van der Waals surface area (Å²) in [5.41, 5.74) is 5.78. The van der Waals surface area contributed by atoms with Crippen LogP contribution in [-0.4, -0.2) is 22.8 Å². The minimum atomic E-state index is -0.477. The molecule has 1 aromatic heterocycles. The van der Waals surface area contributed by atoms with Gasteiger partial charge >= 0.3 is 0 Å². The Labute approximate surface area is 167 Å². The number of nitrogens with one attached hydrogen (secondary N) is 4. The van der Waals surface area contributed by atoms with Crippen LogP contribution in [0.1, 0.15) is 35.9 Å². The third-order valence-corrected chi connectivity index (χ3v) is 3.58. The summed E-state index contributed by atoms with van der Waals surface area (Å²) in [6.07, 6.45) is 5.42. The molecule has 1 heterocycles. The minimum Gasteiger partial charge on any atom is -0.465 e. The van der Waals surface area contributed by atoms with Crippen LogP contribution in [0.5, 0.6) is 0 Å². The van der Waals surface area contributed by atoms with E-state index in [1.165, 1.54) is 18.4 Å². The van der Waals surface area contributed by atoms with Crippen LogP contribution < -0.4 is 21.5 Å². The third kappa shape index (κ3) is 7.04. The van der Waals surface area contributed by atoms with Crippen LogP contribution in [0.2, 0.25) is 0 Å². The maximum Gasteiger partial charge on any atom is 0.269 e. The van der Waals surface area contributed by atoms with Gasteiger partial charge in [0, 0.05) is 23.7 Å². The molecule has 0 spiro atoms. The van der Waals surface area contributed by atoms with Crippen molar-refractivity contribution >= 4 is 46.8 Å². The van der Waals surface area contributed by atoms with Crippen LogP contribution >= 0.6 is 12.2 Å². The zero-order valence-corrected chi connectivity index (χ0v) is 16.0. The number of rotatable bonds is 6. The topological polar surface area (TPSA) is 112 Å². The molecule has 8 nitrogen and oxygen atoms in total. The van der Waals surface area contributed by atoms with Crippen molar-refractivity contribution in [2.75, 3.05) is 5.32 Å². The molecule has 0 unspecified atom stereocenters. The molecule has 0 bridgehead atoms. The van der Waals surface area contributed by atoms with E-state index in [2.05, 4.69) is 21.5 Å². The molecule has 0 atom stereocenters. The van der Waals surface area contributed by atoms with Crippen molar-refractivity contribution < 1.29 is 18.8 Å². The number of hydrazine groups is 1. The molecular formula is C19H20N4O4S. The lowest BCUT2D eigenvalue weighted by molar-refractivity contribution is -0.116. The van der Waals surface area contributed by atoms with E-state index in [4.69, 9.17) is 16.6 Å². The first-order chi connectivity index (χ1) is 13.5. The summed E-state index contributed by atoms with van der Waals surface area (Å²) in [4.78, 5) is 35.4. The predicted molar refractivity (Wildman–Crippen MR) is 109 cm³/mol. The Kier molecular flexibility index (Phi) is 7.92. The Hall–Kier alpha value is -3.46. The van der Waals surface area contributed by atoms with Crippen LogP contribution in [-0.2, 0) is 9.59 Å². The Morgan fingerprint density at radius 2 is 1.86 bits per heavy atom. The van der Waals surface area contributed by atoms with Crippen molar-refractivity contribution in [3.63, 3.8) is 0 Å². The van der Waals surface area contributed by atoms with Gasteiger partial charge in [0.25, 0.3) is 5.91 Å². The van der Waals surface area contributed by atoms with E-state index in [1.807, 2.05) is 6.92 Å². The Morgan fingerprint density at radius 1 is 1.11 bits per heavy atom. The molecule has 9 heteroatoms. The number of hydrogen-bond acceptors (Lipinski definition) is 5. The fraction of sp³-hybridized carbons (Fsp3) is 0.158. The molecule has 0 aliphatic rings. The second-order valence-corrected chi connectivity index (χ2v) is 6.03. The normalized spacial score (nSPS) is 10.3. The molecule has 2 rings (SSSR count). The molecule has 1 aromatic carbocycles. The van der Waals surface area contributed by atoms with E-state index in [9.17, 15) is 14.4 Å². The lowest BCUT2D eigenvalue weighted by Crippen LogP contribution is -2.48. The monoisotopic (exact) mass is 400 g/mol. The molecule has 146 valence electrons. The highest BCUT2D eigenvalue weighted by Gasteiger charge is 2.08. The first-order valence-corrected chi connectivity index (χ1v) is 8.91. The molecule has 0 aliphatic carbocycles. The summed E-state index contributed by atoms with van der Waals surface area (Å²) < 4.78 is 5.06. The van der Waals surface area contributed by atoms with Crippen molar-refractivity contribution in [1.82, 2.24) is 16.2 Å². The highest BCUT2D eigenvalue weighted by molar-refractivity contribution is 7.80. The van der Waals surface area contributed by atoms with Gasteiger partial charge in [-0.1, -0.05) is 6.92 Å². The van der Waals surface area contributed by atoms with Gasteiger partial charge in [-0.25, -0.2) is 0 Å². The van der Waals surface area contributed by atoms with Gasteiger partial charge < -0.3 is 9.73 Å². The number of carbonyl (C=O) groups is 3. The molecule has 0 aliphatic heterocycles. The maximum atomic E-state index is 12.1. The first kappa shape index (κ1) is 20.8. The van der Waals surface area contributed by atoms with Crippen molar-refractivity contribution in [1.29, 1.82) is 0 Å². The molecule has 0 saturated carbocycles. The Bertz CT molecular complexity index is 861. The lowest BCUT2D eigenvalue weighted by Gasteiger charge is -2.10. The Morgan fingerprint density at radius 3 is 2.50 bits per heavy atom. The van der Waals surface area contributed by atoms with Crippen molar-refractivity contribution in [2.45, 2.75) is 19.8 Å². The summed E-state index contributed by atoms with van der Waals surface area (Å²) in [7, 11) is 0. The smallest absolute Gasteiger partial charge is 0.269 e. The minimum absolute atomic E-state index is 0.0640. The third-order valence-electron chi connectivity index (χ3n) is 3.38. The van der Waals surface area contributed by atoms with Crippen LogP contribution in [0, 0.1) is 0 Å². The average molecular weight is 400 g/mol. The fourth-order valence-corrected chi connectivity index (χ4v) is 2.22. The number of amides is 3. The van der Waals surface area contributed by atoms with Crippen LogP contribution in [0.4, 0.5) is 5.69 Å². The molecule has 0 saturated heterocycles. The number of anilines is 1. The largest absolute Gasteiger partial charge is 0.465 e. The molecular weight excluding hydrogens is 380 g/mol.